The van der Waals surface area contributed by atoms with E-state index in [4.69, 9.17) is 4.84 Å². The molecule has 2 aromatic carbocycles. The first-order valence-corrected chi connectivity index (χ1v) is 9.71. The summed E-state index contributed by atoms with van der Waals surface area (Å²) in [6.45, 7) is 1.89. The Morgan fingerprint density at radius 2 is 1.94 bits per heavy atom. The smallest absolute Gasteiger partial charge is 0.391 e. The second kappa shape index (κ2) is 8.01. The van der Waals surface area contributed by atoms with Crippen molar-refractivity contribution in [3.63, 3.8) is 0 Å². The average Bonchev–Trinajstić information content (AvgIpc) is 3.51. The Morgan fingerprint density at radius 1 is 1.19 bits per heavy atom. The van der Waals surface area contributed by atoms with Crippen molar-refractivity contribution in [1.82, 2.24) is 19.8 Å². The number of alkyl halides is 3. The molecule has 0 spiro atoms. The monoisotopic (exact) mass is 431 g/mol. The van der Waals surface area contributed by atoms with Crippen LogP contribution in [0, 0.1) is 12.8 Å². The molecule has 1 aliphatic carbocycles. The number of tetrazole rings is 1. The van der Waals surface area contributed by atoms with Gasteiger partial charge in [0.25, 0.3) is 0 Å². The molecule has 1 heterocycles. The van der Waals surface area contributed by atoms with Gasteiger partial charge in [-0.3, -0.25) is 0 Å². The minimum absolute atomic E-state index is 0.0280. The van der Waals surface area contributed by atoms with Gasteiger partial charge in [-0.25, -0.2) is 4.79 Å². The van der Waals surface area contributed by atoms with Crippen LogP contribution in [0.15, 0.2) is 52.4 Å². The molecule has 4 rings (SSSR count). The number of halogens is 3. The van der Waals surface area contributed by atoms with Crippen molar-refractivity contribution in [3.8, 4) is 5.69 Å². The van der Waals surface area contributed by atoms with E-state index < -0.39 is 17.4 Å². The van der Waals surface area contributed by atoms with E-state index in [1.807, 2.05) is 13.0 Å². The van der Waals surface area contributed by atoms with Crippen LogP contribution < -0.4 is 5.69 Å². The molecule has 1 aromatic heterocycles. The van der Waals surface area contributed by atoms with Gasteiger partial charge in [0.15, 0.2) is 0 Å². The van der Waals surface area contributed by atoms with Crippen LogP contribution in [0.3, 0.4) is 0 Å². The summed E-state index contributed by atoms with van der Waals surface area (Å²) in [6, 6.07) is 10.5. The Morgan fingerprint density at radius 3 is 2.58 bits per heavy atom. The maximum absolute atomic E-state index is 13.1. The molecular formula is C21H20F3N5O2. The highest BCUT2D eigenvalue weighted by Crippen LogP contribution is 2.36. The molecule has 31 heavy (non-hydrogen) atoms. The molecular weight excluding hydrogens is 411 g/mol. The fraction of sp³-hybridized carbons (Fsp3) is 0.333. The van der Waals surface area contributed by atoms with Crippen molar-refractivity contribution in [1.29, 1.82) is 0 Å². The molecule has 0 amide bonds. The number of benzene rings is 2. The number of aryl methyl sites for hydroxylation is 2. The third-order valence-corrected chi connectivity index (χ3v) is 5.16. The van der Waals surface area contributed by atoms with E-state index in [0.29, 0.717) is 22.5 Å². The SMILES string of the molecule is Cc1cccc(-n2nnn(C)c2=O)c1CON=C(c1cccc(C(F)(F)F)c1)C1CC1. The molecule has 10 heteroatoms. The van der Waals surface area contributed by atoms with E-state index in [0.717, 1.165) is 35.2 Å². The van der Waals surface area contributed by atoms with Crippen molar-refractivity contribution < 1.29 is 18.0 Å². The lowest BCUT2D eigenvalue weighted by molar-refractivity contribution is -0.137. The van der Waals surface area contributed by atoms with Crippen molar-refractivity contribution in [2.45, 2.75) is 32.5 Å². The lowest BCUT2D eigenvalue weighted by atomic mass is 10.0. The highest BCUT2D eigenvalue weighted by molar-refractivity contribution is 6.03. The number of aromatic nitrogens is 4. The Kier molecular flexibility index (Phi) is 5.38. The average molecular weight is 431 g/mol. The molecule has 0 bridgehead atoms. The summed E-state index contributed by atoms with van der Waals surface area (Å²) in [7, 11) is 1.50. The Bertz CT molecular complexity index is 1190. The minimum atomic E-state index is -4.43. The molecule has 0 radical (unpaired) electrons. The van der Waals surface area contributed by atoms with Crippen molar-refractivity contribution in [3.05, 3.63) is 75.2 Å². The van der Waals surface area contributed by atoms with Gasteiger partial charge in [-0.1, -0.05) is 29.4 Å². The lowest BCUT2D eigenvalue weighted by Crippen LogP contribution is -2.23. The summed E-state index contributed by atoms with van der Waals surface area (Å²) in [5.74, 6) is 0.0717. The van der Waals surface area contributed by atoms with Gasteiger partial charge in [0, 0.05) is 24.1 Å². The number of oxime groups is 1. The van der Waals surface area contributed by atoms with Gasteiger partial charge >= 0.3 is 11.9 Å². The summed E-state index contributed by atoms with van der Waals surface area (Å²) in [5.41, 5.74) is 1.83. The van der Waals surface area contributed by atoms with Gasteiger partial charge in [0.2, 0.25) is 0 Å². The van der Waals surface area contributed by atoms with Gasteiger partial charge in [-0.05, 0) is 54.0 Å². The summed E-state index contributed by atoms with van der Waals surface area (Å²) in [5, 5.41) is 11.8. The molecule has 162 valence electrons. The molecule has 0 N–H and O–H groups in total. The Hall–Kier alpha value is -3.43. The topological polar surface area (TPSA) is 74.3 Å². The van der Waals surface area contributed by atoms with Crippen LogP contribution in [-0.2, 0) is 24.7 Å². The quantitative estimate of drug-likeness (QED) is 0.441. The van der Waals surface area contributed by atoms with E-state index in [1.165, 1.54) is 17.8 Å². The fourth-order valence-corrected chi connectivity index (χ4v) is 3.28. The number of rotatable bonds is 6. The van der Waals surface area contributed by atoms with Crippen molar-refractivity contribution in [2.75, 3.05) is 0 Å². The fourth-order valence-electron chi connectivity index (χ4n) is 3.28. The van der Waals surface area contributed by atoms with E-state index >= 15 is 0 Å². The molecule has 0 unspecified atom stereocenters. The molecule has 3 aromatic rings. The summed E-state index contributed by atoms with van der Waals surface area (Å²) in [4.78, 5) is 17.8. The van der Waals surface area contributed by atoms with Gasteiger partial charge < -0.3 is 4.84 Å². The number of hydrogen-bond acceptors (Lipinski definition) is 5. The molecule has 0 aliphatic heterocycles. The van der Waals surface area contributed by atoms with Crippen LogP contribution in [0.4, 0.5) is 13.2 Å². The van der Waals surface area contributed by atoms with Crippen LogP contribution >= 0.6 is 0 Å². The third-order valence-electron chi connectivity index (χ3n) is 5.16. The van der Waals surface area contributed by atoms with Crippen molar-refractivity contribution >= 4 is 5.71 Å². The molecule has 1 aliphatic rings. The third kappa shape index (κ3) is 4.37. The maximum atomic E-state index is 13.1. The lowest BCUT2D eigenvalue weighted by Gasteiger charge is -2.12. The van der Waals surface area contributed by atoms with E-state index in [1.54, 1.807) is 18.2 Å². The number of hydrogen-bond donors (Lipinski definition) is 0. The summed E-state index contributed by atoms with van der Waals surface area (Å²) < 4.78 is 41.6. The largest absolute Gasteiger partial charge is 0.416 e. The second-order valence-electron chi connectivity index (χ2n) is 7.47. The van der Waals surface area contributed by atoms with Crippen LogP contribution in [0.1, 0.15) is 35.1 Å². The van der Waals surface area contributed by atoms with E-state index in [2.05, 4.69) is 15.6 Å². The first-order chi connectivity index (χ1) is 14.8. The zero-order valence-corrected chi connectivity index (χ0v) is 16.9. The van der Waals surface area contributed by atoms with Crippen molar-refractivity contribution in [2.24, 2.45) is 18.1 Å². The number of nitrogens with zero attached hydrogens (tertiary/aromatic N) is 5. The standard InChI is InChI=1S/C21H20F3N5O2/c1-13-5-3-8-18(29-20(30)28(2)26-27-29)17(13)12-31-25-19(14-9-10-14)15-6-4-7-16(11-15)21(22,23)24/h3-8,11,14H,9-10,12H2,1-2H3. The predicted octanol–water partition coefficient (Wildman–Crippen LogP) is 3.62. The molecule has 1 fully saturated rings. The second-order valence-corrected chi connectivity index (χ2v) is 7.47. The summed E-state index contributed by atoms with van der Waals surface area (Å²) >= 11 is 0. The maximum Gasteiger partial charge on any atom is 0.416 e. The van der Waals surface area contributed by atoms with E-state index in [9.17, 15) is 18.0 Å². The molecule has 7 nitrogen and oxygen atoms in total. The van der Waals surface area contributed by atoms with Crippen LogP contribution in [-0.4, -0.2) is 25.5 Å². The zero-order valence-electron chi connectivity index (χ0n) is 16.9. The van der Waals surface area contributed by atoms with Gasteiger partial charge in [-0.2, -0.15) is 22.5 Å². The van der Waals surface area contributed by atoms with Gasteiger partial charge in [0.05, 0.1) is 17.0 Å². The van der Waals surface area contributed by atoms with Crippen LogP contribution in [0.5, 0.6) is 0 Å². The normalized spacial score (nSPS) is 14.7. The molecule has 0 atom stereocenters. The van der Waals surface area contributed by atoms with Gasteiger partial charge in [-0.15, -0.1) is 0 Å². The van der Waals surface area contributed by atoms with E-state index in [-0.39, 0.29) is 12.5 Å². The molecule has 0 saturated heterocycles. The highest BCUT2D eigenvalue weighted by Gasteiger charge is 2.33. The Balaban J connectivity index is 1.62. The van der Waals surface area contributed by atoms with Crippen LogP contribution in [0.25, 0.3) is 5.69 Å². The first kappa shape index (κ1) is 20.8. The van der Waals surface area contributed by atoms with Gasteiger partial charge in [0.1, 0.15) is 6.61 Å². The van der Waals surface area contributed by atoms with Crippen LogP contribution in [0.2, 0.25) is 0 Å². The predicted molar refractivity (Wildman–Crippen MR) is 107 cm³/mol. The summed E-state index contributed by atoms with van der Waals surface area (Å²) in [6.07, 6.45) is -2.72. The highest BCUT2D eigenvalue weighted by atomic mass is 19.4. The first-order valence-electron chi connectivity index (χ1n) is 9.71. The Labute approximate surface area is 175 Å². The molecule has 1 saturated carbocycles. The zero-order chi connectivity index (χ0) is 22.2. The minimum Gasteiger partial charge on any atom is -0.391 e.